The minimum atomic E-state index is -0.391. The van der Waals surface area contributed by atoms with Crippen LogP contribution < -0.4 is 5.32 Å². The second-order valence-corrected chi connectivity index (χ2v) is 3.08. The van der Waals surface area contributed by atoms with Gasteiger partial charge in [-0.05, 0) is 13.8 Å². The first-order valence-corrected chi connectivity index (χ1v) is 4.97. The molecule has 1 N–H and O–H groups in total. The van der Waals surface area contributed by atoms with Crippen LogP contribution in [0.5, 0.6) is 0 Å². The third-order valence-electron chi connectivity index (χ3n) is 1.97. The number of aryl methyl sites for hydroxylation is 1. The monoisotopic (exact) mass is 213 g/mol. The molecule has 0 saturated carbocycles. The molecule has 0 aromatic carbocycles. The molecule has 0 amide bonds. The van der Waals surface area contributed by atoms with Gasteiger partial charge in [-0.2, -0.15) is 0 Å². The number of rotatable bonds is 5. The Kier molecular flexibility index (Phi) is 4.42. The Hall–Kier alpha value is -1.23. The number of aromatic nitrogens is 2. The van der Waals surface area contributed by atoms with E-state index in [9.17, 15) is 4.39 Å². The fourth-order valence-corrected chi connectivity index (χ4v) is 1.20. The van der Waals surface area contributed by atoms with Crippen molar-refractivity contribution in [2.24, 2.45) is 0 Å². The Morgan fingerprint density at radius 1 is 1.40 bits per heavy atom. The van der Waals surface area contributed by atoms with Crippen LogP contribution in [0.1, 0.15) is 18.4 Å². The summed E-state index contributed by atoms with van der Waals surface area (Å²) in [6, 6.07) is 0. The van der Waals surface area contributed by atoms with Crippen LogP contribution in [0.3, 0.4) is 0 Å². The second-order valence-electron chi connectivity index (χ2n) is 3.08. The number of nitrogens with one attached hydrogen (secondary N) is 1. The van der Waals surface area contributed by atoms with Crippen LogP contribution in [-0.2, 0) is 11.2 Å². The van der Waals surface area contributed by atoms with E-state index in [4.69, 9.17) is 4.74 Å². The highest BCUT2D eigenvalue weighted by Gasteiger charge is 2.09. The van der Waals surface area contributed by atoms with E-state index in [2.05, 4.69) is 15.3 Å². The summed E-state index contributed by atoms with van der Waals surface area (Å²) in [5, 5.41) is 2.70. The van der Waals surface area contributed by atoms with Crippen molar-refractivity contribution in [3.63, 3.8) is 0 Å². The molecule has 0 aliphatic carbocycles. The number of nitrogens with zero attached hydrogens (tertiary/aromatic N) is 2. The van der Waals surface area contributed by atoms with Crippen molar-refractivity contribution in [3.05, 3.63) is 17.3 Å². The number of hydrogen-bond acceptors (Lipinski definition) is 4. The Bertz CT molecular complexity index is 331. The summed E-state index contributed by atoms with van der Waals surface area (Å²) in [6.07, 6.45) is 0.601. The first-order chi connectivity index (χ1) is 7.19. The van der Waals surface area contributed by atoms with Gasteiger partial charge in [-0.25, -0.2) is 14.4 Å². The van der Waals surface area contributed by atoms with Crippen molar-refractivity contribution < 1.29 is 9.13 Å². The van der Waals surface area contributed by atoms with E-state index in [1.807, 2.05) is 6.92 Å². The van der Waals surface area contributed by atoms with Gasteiger partial charge in [0, 0.05) is 20.1 Å². The number of anilines is 1. The van der Waals surface area contributed by atoms with Crippen LogP contribution in [0, 0.1) is 12.7 Å². The summed E-state index contributed by atoms with van der Waals surface area (Å²) in [4.78, 5) is 8.09. The van der Waals surface area contributed by atoms with Crippen molar-refractivity contribution in [2.75, 3.05) is 25.6 Å². The summed E-state index contributed by atoms with van der Waals surface area (Å²) in [5.74, 6) is 0.457. The summed E-state index contributed by atoms with van der Waals surface area (Å²) < 4.78 is 18.5. The third-order valence-corrected chi connectivity index (χ3v) is 1.97. The number of ether oxygens (including phenoxy) is 1. The minimum Gasteiger partial charge on any atom is -0.381 e. The molecule has 0 unspecified atom stereocenters. The maximum absolute atomic E-state index is 13.4. The van der Waals surface area contributed by atoms with Gasteiger partial charge >= 0.3 is 0 Å². The first-order valence-electron chi connectivity index (χ1n) is 4.97. The van der Waals surface area contributed by atoms with Gasteiger partial charge < -0.3 is 10.1 Å². The predicted molar refractivity (Wildman–Crippen MR) is 56.5 cm³/mol. The summed E-state index contributed by atoms with van der Waals surface area (Å²) in [7, 11) is 1.64. The lowest BCUT2D eigenvalue weighted by atomic mass is 10.3. The molecular weight excluding hydrogens is 197 g/mol. The van der Waals surface area contributed by atoms with Crippen molar-refractivity contribution in [3.8, 4) is 0 Å². The average Bonchev–Trinajstić information content (AvgIpc) is 2.23. The zero-order valence-electron chi connectivity index (χ0n) is 9.30. The van der Waals surface area contributed by atoms with E-state index in [0.29, 0.717) is 31.2 Å². The normalized spacial score (nSPS) is 10.4. The molecule has 0 bridgehead atoms. The Morgan fingerprint density at radius 3 is 2.73 bits per heavy atom. The van der Waals surface area contributed by atoms with Crippen molar-refractivity contribution in [1.82, 2.24) is 9.97 Å². The Balaban J connectivity index is 2.77. The fraction of sp³-hybridized carbons (Fsp3) is 0.600. The summed E-state index contributed by atoms with van der Waals surface area (Å²) in [6.45, 7) is 4.78. The van der Waals surface area contributed by atoms with Gasteiger partial charge in [-0.1, -0.05) is 0 Å². The Morgan fingerprint density at radius 2 is 2.13 bits per heavy atom. The Labute approximate surface area is 88.9 Å². The largest absolute Gasteiger partial charge is 0.381 e. The molecule has 0 spiro atoms. The molecule has 0 saturated heterocycles. The molecule has 0 aliphatic rings. The van der Waals surface area contributed by atoms with Crippen molar-refractivity contribution in [2.45, 2.75) is 20.3 Å². The van der Waals surface area contributed by atoms with E-state index in [0.717, 1.165) is 0 Å². The number of hydrogen-bond donors (Lipinski definition) is 1. The van der Waals surface area contributed by atoms with E-state index in [1.165, 1.54) is 0 Å². The van der Waals surface area contributed by atoms with Gasteiger partial charge in [-0.15, -0.1) is 0 Å². The number of halogens is 1. The third kappa shape index (κ3) is 3.13. The van der Waals surface area contributed by atoms with Crippen molar-refractivity contribution in [1.29, 1.82) is 0 Å². The van der Waals surface area contributed by atoms with Crippen LogP contribution in [0.2, 0.25) is 0 Å². The smallest absolute Gasteiger partial charge is 0.186 e. The van der Waals surface area contributed by atoms with Gasteiger partial charge in [0.2, 0.25) is 0 Å². The van der Waals surface area contributed by atoms with Gasteiger partial charge in [0.15, 0.2) is 11.6 Å². The molecule has 0 atom stereocenters. The predicted octanol–water partition coefficient (Wildman–Crippen LogP) is 1.54. The maximum atomic E-state index is 13.4. The molecule has 5 heteroatoms. The fourth-order valence-electron chi connectivity index (χ4n) is 1.20. The zero-order chi connectivity index (χ0) is 11.3. The molecule has 1 aromatic rings. The quantitative estimate of drug-likeness (QED) is 0.754. The molecule has 0 radical (unpaired) electrons. The molecule has 0 aliphatic heterocycles. The highest BCUT2D eigenvalue weighted by atomic mass is 19.1. The zero-order valence-corrected chi connectivity index (χ0v) is 9.30. The van der Waals surface area contributed by atoms with E-state index in [1.54, 1.807) is 14.0 Å². The molecule has 0 fully saturated rings. The molecule has 4 nitrogen and oxygen atoms in total. The minimum absolute atomic E-state index is 0.244. The first kappa shape index (κ1) is 11.8. The molecule has 1 heterocycles. The van der Waals surface area contributed by atoms with Crippen LogP contribution in [-0.4, -0.2) is 30.2 Å². The molecule has 15 heavy (non-hydrogen) atoms. The molecule has 1 rings (SSSR count). The average molecular weight is 213 g/mol. The van der Waals surface area contributed by atoms with Crippen LogP contribution in [0.15, 0.2) is 0 Å². The molecular formula is C10H16FN3O. The van der Waals surface area contributed by atoms with Gasteiger partial charge in [0.25, 0.3) is 0 Å². The standard InChI is InChI=1S/C10H16FN3O/c1-4-15-6-5-8-13-7(2)9(11)10(12-3)14-8/h4-6H2,1-3H3,(H,12,13,14). The molecule has 1 aromatic heterocycles. The van der Waals surface area contributed by atoms with Gasteiger partial charge in [0.1, 0.15) is 5.82 Å². The SMILES string of the molecule is CCOCCc1nc(C)c(F)c(NC)n1. The molecule has 84 valence electrons. The van der Waals surface area contributed by atoms with Crippen molar-refractivity contribution >= 4 is 5.82 Å². The van der Waals surface area contributed by atoms with E-state index < -0.39 is 5.82 Å². The highest BCUT2D eigenvalue weighted by molar-refractivity contribution is 5.37. The van der Waals surface area contributed by atoms with Crippen LogP contribution in [0.4, 0.5) is 10.2 Å². The van der Waals surface area contributed by atoms with Crippen LogP contribution in [0.25, 0.3) is 0 Å². The van der Waals surface area contributed by atoms with Gasteiger partial charge in [0.05, 0.1) is 12.3 Å². The lowest BCUT2D eigenvalue weighted by Gasteiger charge is -2.07. The second kappa shape index (κ2) is 5.60. The van der Waals surface area contributed by atoms with E-state index in [-0.39, 0.29) is 5.82 Å². The summed E-state index contributed by atoms with van der Waals surface area (Å²) >= 11 is 0. The lowest BCUT2D eigenvalue weighted by Crippen LogP contribution is -2.08. The highest BCUT2D eigenvalue weighted by Crippen LogP contribution is 2.13. The lowest BCUT2D eigenvalue weighted by molar-refractivity contribution is 0.149. The van der Waals surface area contributed by atoms with Gasteiger partial charge in [-0.3, -0.25) is 0 Å². The van der Waals surface area contributed by atoms with E-state index >= 15 is 0 Å². The topological polar surface area (TPSA) is 47.0 Å². The summed E-state index contributed by atoms with van der Waals surface area (Å²) in [5.41, 5.74) is 0.362. The van der Waals surface area contributed by atoms with Crippen LogP contribution >= 0.6 is 0 Å². The maximum Gasteiger partial charge on any atom is 0.186 e.